The Balaban J connectivity index is 2.88. The molecule has 1 amide bonds. The Kier molecular flexibility index (Phi) is 3.19. The molecule has 0 aromatic heterocycles. The van der Waals surface area contributed by atoms with Gasteiger partial charge in [-0.05, 0) is 6.07 Å². The van der Waals surface area contributed by atoms with E-state index in [9.17, 15) is 9.18 Å². The topological polar surface area (TPSA) is 52.9 Å². The van der Waals surface area contributed by atoms with Crippen molar-refractivity contribution < 1.29 is 9.18 Å². The standard InChI is InChI=1S/C10H9FN2O/c1-7(14)13-6-9-4-2-3-8(5-12)10(9)11/h2-4H,6H2,1H3,(H,13,14). The fourth-order valence-electron chi connectivity index (χ4n) is 1.02. The van der Waals surface area contributed by atoms with E-state index in [1.54, 1.807) is 12.1 Å². The molecule has 1 aromatic carbocycles. The fourth-order valence-corrected chi connectivity index (χ4v) is 1.02. The number of hydrogen-bond donors (Lipinski definition) is 1. The van der Waals surface area contributed by atoms with Gasteiger partial charge in [-0.1, -0.05) is 12.1 Å². The lowest BCUT2D eigenvalue weighted by Gasteiger charge is -2.04. The fraction of sp³-hybridized carbons (Fsp3) is 0.200. The van der Waals surface area contributed by atoms with Crippen LogP contribution in [-0.4, -0.2) is 5.91 Å². The van der Waals surface area contributed by atoms with Crippen LogP contribution in [0.3, 0.4) is 0 Å². The second-order valence-corrected chi connectivity index (χ2v) is 2.80. The number of amides is 1. The summed E-state index contributed by atoms with van der Waals surface area (Å²) < 4.78 is 13.3. The van der Waals surface area contributed by atoms with Crippen molar-refractivity contribution in [3.05, 3.63) is 35.1 Å². The van der Waals surface area contributed by atoms with E-state index in [1.807, 2.05) is 0 Å². The van der Waals surface area contributed by atoms with Crippen molar-refractivity contribution in [3.8, 4) is 6.07 Å². The maximum absolute atomic E-state index is 13.3. The molecule has 0 aliphatic heterocycles. The van der Waals surface area contributed by atoms with Gasteiger partial charge in [0.2, 0.25) is 5.91 Å². The molecule has 0 radical (unpaired) electrons. The average Bonchev–Trinajstić information content (AvgIpc) is 2.16. The van der Waals surface area contributed by atoms with Gasteiger partial charge in [-0.25, -0.2) is 4.39 Å². The van der Waals surface area contributed by atoms with E-state index < -0.39 is 5.82 Å². The number of nitrogens with one attached hydrogen (secondary N) is 1. The highest BCUT2D eigenvalue weighted by atomic mass is 19.1. The summed E-state index contributed by atoms with van der Waals surface area (Å²) in [5.41, 5.74) is 0.312. The lowest BCUT2D eigenvalue weighted by molar-refractivity contribution is -0.119. The summed E-state index contributed by atoms with van der Waals surface area (Å²) in [6.07, 6.45) is 0. The average molecular weight is 192 g/mol. The van der Waals surface area contributed by atoms with Gasteiger partial charge in [0.1, 0.15) is 11.9 Å². The van der Waals surface area contributed by atoms with Crippen molar-refractivity contribution >= 4 is 5.91 Å². The smallest absolute Gasteiger partial charge is 0.217 e. The van der Waals surface area contributed by atoms with Crippen molar-refractivity contribution in [2.24, 2.45) is 0 Å². The second kappa shape index (κ2) is 4.38. The van der Waals surface area contributed by atoms with Crippen LogP contribution >= 0.6 is 0 Å². The Morgan fingerprint density at radius 1 is 1.64 bits per heavy atom. The molecule has 1 aromatic rings. The molecule has 0 aliphatic carbocycles. The first-order chi connectivity index (χ1) is 6.65. The highest BCUT2D eigenvalue weighted by Gasteiger charge is 2.06. The molecular weight excluding hydrogens is 183 g/mol. The highest BCUT2D eigenvalue weighted by molar-refractivity contribution is 5.72. The third-order valence-electron chi connectivity index (χ3n) is 1.73. The Morgan fingerprint density at radius 2 is 2.36 bits per heavy atom. The number of halogens is 1. The molecule has 72 valence electrons. The number of rotatable bonds is 2. The molecular formula is C10H9FN2O. The van der Waals surface area contributed by atoms with Gasteiger partial charge >= 0.3 is 0 Å². The minimum atomic E-state index is -0.566. The number of carbonyl (C=O) groups is 1. The Labute approximate surface area is 81.2 Å². The van der Waals surface area contributed by atoms with Crippen LogP contribution in [0.4, 0.5) is 4.39 Å². The minimum absolute atomic E-state index is 0.00662. The lowest BCUT2D eigenvalue weighted by Crippen LogP contribution is -2.19. The highest BCUT2D eigenvalue weighted by Crippen LogP contribution is 2.11. The van der Waals surface area contributed by atoms with Gasteiger partial charge in [0.25, 0.3) is 0 Å². The summed E-state index contributed by atoms with van der Waals surface area (Å²) in [5.74, 6) is -0.796. The van der Waals surface area contributed by atoms with Crippen LogP contribution in [0.2, 0.25) is 0 Å². The molecule has 1 N–H and O–H groups in total. The van der Waals surface area contributed by atoms with Crippen LogP contribution in [0.15, 0.2) is 18.2 Å². The van der Waals surface area contributed by atoms with Gasteiger partial charge in [0.15, 0.2) is 0 Å². The first kappa shape index (κ1) is 10.2. The number of benzene rings is 1. The van der Waals surface area contributed by atoms with Gasteiger partial charge < -0.3 is 5.32 Å². The lowest BCUT2D eigenvalue weighted by atomic mass is 10.1. The minimum Gasteiger partial charge on any atom is -0.352 e. The molecule has 14 heavy (non-hydrogen) atoms. The predicted octanol–water partition coefficient (Wildman–Crippen LogP) is 1.33. The first-order valence-electron chi connectivity index (χ1n) is 4.07. The third kappa shape index (κ3) is 2.30. The van der Waals surface area contributed by atoms with Crippen molar-refractivity contribution in [3.63, 3.8) is 0 Å². The van der Waals surface area contributed by atoms with Gasteiger partial charge in [0, 0.05) is 19.0 Å². The van der Waals surface area contributed by atoms with Gasteiger partial charge in [-0.3, -0.25) is 4.79 Å². The predicted molar refractivity (Wildman–Crippen MR) is 48.6 cm³/mol. The SMILES string of the molecule is CC(=O)NCc1cccc(C#N)c1F. The van der Waals surface area contributed by atoms with E-state index >= 15 is 0 Å². The van der Waals surface area contributed by atoms with E-state index in [1.165, 1.54) is 19.1 Å². The summed E-state index contributed by atoms with van der Waals surface area (Å²) in [7, 11) is 0. The summed E-state index contributed by atoms with van der Waals surface area (Å²) in [4.78, 5) is 10.6. The number of nitrogens with zero attached hydrogens (tertiary/aromatic N) is 1. The Hall–Kier alpha value is -1.89. The zero-order chi connectivity index (χ0) is 10.6. The van der Waals surface area contributed by atoms with Crippen molar-refractivity contribution in [2.75, 3.05) is 0 Å². The van der Waals surface area contributed by atoms with E-state index in [4.69, 9.17) is 5.26 Å². The van der Waals surface area contributed by atoms with Crippen molar-refractivity contribution in [1.29, 1.82) is 5.26 Å². The summed E-state index contributed by atoms with van der Waals surface area (Å²) in [6.45, 7) is 1.46. The molecule has 0 saturated carbocycles. The zero-order valence-electron chi connectivity index (χ0n) is 7.67. The third-order valence-corrected chi connectivity index (χ3v) is 1.73. The summed E-state index contributed by atoms with van der Waals surface area (Å²) in [5, 5.41) is 11.0. The Bertz CT molecular complexity index is 396. The number of hydrogen-bond acceptors (Lipinski definition) is 2. The molecule has 0 spiro atoms. The number of carbonyl (C=O) groups excluding carboxylic acids is 1. The van der Waals surface area contributed by atoms with Crippen LogP contribution in [0.5, 0.6) is 0 Å². The number of nitriles is 1. The van der Waals surface area contributed by atoms with E-state index in [0.29, 0.717) is 5.56 Å². The van der Waals surface area contributed by atoms with Gasteiger partial charge in [0.05, 0.1) is 5.56 Å². The molecule has 4 heteroatoms. The maximum atomic E-state index is 13.3. The van der Waals surface area contributed by atoms with E-state index in [-0.39, 0.29) is 18.0 Å². The normalized spacial score (nSPS) is 9.21. The Morgan fingerprint density at radius 3 is 2.93 bits per heavy atom. The van der Waals surface area contributed by atoms with Crippen LogP contribution in [-0.2, 0) is 11.3 Å². The molecule has 0 heterocycles. The van der Waals surface area contributed by atoms with E-state index in [2.05, 4.69) is 5.32 Å². The van der Waals surface area contributed by atoms with Crippen molar-refractivity contribution in [2.45, 2.75) is 13.5 Å². The molecule has 1 rings (SSSR count). The van der Waals surface area contributed by atoms with Crippen LogP contribution in [0.25, 0.3) is 0 Å². The monoisotopic (exact) mass is 192 g/mol. The molecule has 0 saturated heterocycles. The molecule has 0 unspecified atom stereocenters. The quantitative estimate of drug-likeness (QED) is 0.768. The summed E-state index contributed by atoms with van der Waals surface area (Å²) >= 11 is 0. The van der Waals surface area contributed by atoms with Crippen molar-refractivity contribution in [1.82, 2.24) is 5.32 Å². The second-order valence-electron chi connectivity index (χ2n) is 2.80. The van der Waals surface area contributed by atoms with Gasteiger partial charge in [-0.2, -0.15) is 5.26 Å². The van der Waals surface area contributed by atoms with Crippen LogP contribution < -0.4 is 5.32 Å². The molecule has 0 atom stereocenters. The zero-order valence-corrected chi connectivity index (χ0v) is 7.67. The molecule has 3 nitrogen and oxygen atoms in total. The van der Waals surface area contributed by atoms with Gasteiger partial charge in [-0.15, -0.1) is 0 Å². The molecule has 0 bridgehead atoms. The van der Waals surface area contributed by atoms with E-state index in [0.717, 1.165) is 0 Å². The first-order valence-corrected chi connectivity index (χ1v) is 4.07. The maximum Gasteiger partial charge on any atom is 0.217 e. The van der Waals surface area contributed by atoms with Crippen LogP contribution in [0, 0.1) is 17.1 Å². The largest absolute Gasteiger partial charge is 0.352 e. The summed E-state index contributed by atoms with van der Waals surface area (Å²) in [6, 6.07) is 6.25. The van der Waals surface area contributed by atoms with Crippen LogP contribution in [0.1, 0.15) is 18.1 Å². The molecule has 0 fully saturated rings. The molecule has 0 aliphatic rings.